The summed E-state index contributed by atoms with van der Waals surface area (Å²) in [5.41, 5.74) is 1.86. The normalized spacial score (nSPS) is 11.1. The molecule has 0 heterocycles. The molecule has 2 rings (SSSR count). The third-order valence-electron chi connectivity index (χ3n) is 3.60. The first kappa shape index (κ1) is 16.9. The minimum absolute atomic E-state index is 0.00579. The Bertz CT molecular complexity index is 840. The van der Waals surface area contributed by atoms with Crippen LogP contribution >= 0.6 is 0 Å². The molecular weight excluding hydrogens is 304 g/mol. The van der Waals surface area contributed by atoms with Crippen molar-refractivity contribution in [2.45, 2.75) is 12.8 Å². The standard InChI is InChI=1S/C19H16N2O3/c1-24-18-5-2-13(3-6-18)8-15(11-20)16(12-21)9-14-10-17(22)4-7-19(14)23/h2-7,10,22-23H,8-9H2,1H3/b16-15+. The van der Waals surface area contributed by atoms with E-state index in [1.165, 1.54) is 18.2 Å². The van der Waals surface area contributed by atoms with Gasteiger partial charge in [-0.25, -0.2) is 0 Å². The average Bonchev–Trinajstić information content (AvgIpc) is 2.61. The van der Waals surface area contributed by atoms with Crippen LogP contribution in [0.4, 0.5) is 0 Å². The number of nitriles is 2. The predicted molar refractivity (Wildman–Crippen MR) is 88.4 cm³/mol. The fraction of sp³-hybridized carbons (Fsp3) is 0.158. The number of allylic oxidation sites excluding steroid dienone is 2. The van der Waals surface area contributed by atoms with Crippen LogP contribution in [0.1, 0.15) is 11.1 Å². The summed E-state index contributed by atoms with van der Waals surface area (Å²) in [5, 5.41) is 38.1. The molecule has 0 saturated carbocycles. The van der Waals surface area contributed by atoms with Gasteiger partial charge in [0.2, 0.25) is 0 Å². The van der Waals surface area contributed by atoms with Gasteiger partial charge in [-0.05, 0) is 35.9 Å². The van der Waals surface area contributed by atoms with E-state index in [4.69, 9.17) is 4.74 Å². The highest BCUT2D eigenvalue weighted by Gasteiger charge is 2.12. The van der Waals surface area contributed by atoms with Crippen molar-refractivity contribution < 1.29 is 14.9 Å². The monoisotopic (exact) mass is 320 g/mol. The largest absolute Gasteiger partial charge is 0.508 e. The molecule has 0 saturated heterocycles. The number of rotatable bonds is 5. The number of nitrogens with zero attached hydrogens (tertiary/aromatic N) is 2. The van der Waals surface area contributed by atoms with Crippen LogP contribution < -0.4 is 4.74 Å². The molecule has 5 heteroatoms. The molecule has 0 aliphatic heterocycles. The molecule has 24 heavy (non-hydrogen) atoms. The molecule has 0 aliphatic carbocycles. The van der Waals surface area contributed by atoms with E-state index in [2.05, 4.69) is 6.07 Å². The van der Waals surface area contributed by atoms with Crippen molar-refractivity contribution in [2.75, 3.05) is 7.11 Å². The molecule has 0 unspecified atom stereocenters. The summed E-state index contributed by atoms with van der Waals surface area (Å²) in [5.74, 6) is 0.683. The van der Waals surface area contributed by atoms with Crippen LogP contribution in [0.2, 0.25) is 0 Å². The van der Waals surface area contributed by atoms with Gasteiger partial charge in [-0.15, -0.1) is 0 Å². The van der Waals surface area contributed by atoms with Crippen molar-refractivity contribution in [3.05, 3.63) is 64.7 Å². The molecule has 0 spiro atoms. The lowest BCUT2D eigenvalue weighted by molar-refractivity contribution is 0.414. The van der Waals surface area contributed by atoms with Gasteiger partial charge in [0.05, 0.1) is 19.2 Å². The van der Waals surface area contributed by atoms with Crippen molar-refractivity contribution in [3.8, 4) is 29.4 Å². The van der Waals surface area contributed by atoms with Gasteiger partial charge in [0.1, 0.15) is 17.2 Å². The van der Waals surface area contributed by atoms with Gasteiger partial charge in [0.25, 0.3) is 0 Å². The zero-order valence-corrected chi connectivity index (χ0v) is 13.2. The van der Waals surface area contributed by atoms with Gasteiger partial charge in [-0.1, -0.05) is 12.1 Å². The zero-order valence-electron chi connectivity index (χ0n) is 13.2. The lowest BCUT2D eigenvalue weighted by Crippen LogP contribution is -1.98. The second-order valence-electron chi connectivity index (χ2n) is 5.20. The summed E-state index contributed by atoms with van der Waals surface area (Å²) >= 11 is 0. The zero-order chi connectivity index (χ0) is 17.5. The first-order valence-corrected chi connectivity index (χ1v) is 7.23. The Morgan fingerprint density at radius 2 is 1.58 bits per heavy atom. The minimum Gasteiger partial charge on any atom is -0.508 e. The number of hydrogen-bond donors (Lipinski definition) is 2. The molecule has 0 aromatic heterocycles. The SMILES string of the molecule is COc1ccc(C/C(C#N)=C(\C#N)Cc2cc(O)ccc2O)cc1. The van der Waals surface area contributed by atoms with E-state index in [1.54, 1.807) is 19.2 Å². The van der Waals surface area contributed by atoms with Crippen molar-refractivity contribution in [2.24, 2.45) is 0 Å². The van der Waals surface area contributed by atoms with Gasteiger partial charge < -0.3 is 14.9 Å². The first-order valence-electron chi connectivity index (χ1n) is 7.23. The fourth-order valence-corrected chi connectivity index (χ4v) is 2.28. The molecule has 0 radical (unpaired) electrons. The molecule has 2 aromatic rings. The Hall–Kier alpha value is -3.44. The van der Waals surface area contributed by atoms with Gasteiger partial charge in [-0.2, -0.15) is 10.5 Å². The fourth-order valence-electron chi connectivity index (χ4n) is 2.28. The van der Waals surface area contributed by atoms with Crippen molar-refractivity contribution in [3.63, 3.8) is 0 Å². The molecule has 2 aromatic carbocycles. The molecule has 0 fully saturated rings. The average molecular weight is 320 g/mol. The van der Waals surface area contributed by atoms with E-state index < -0.39 is 0 Å². The molecule has 0 amide bonds. The topological polar surface area (TPSA) is 97.3 Å². The highest BCUT2D eigenvalue weighted by Crippen LogP contribution is 2.26. The summed E-state index contributed by atoms with van der Waals surface area (Å²) in [6.07, 6.45) is 0.388. The Morgan fingerprint density at radius 1 is 0.958 bits per heavy atom. The lowest BCUT2D eigenvalue weighted by atomic mass is 9.96. The summed E-state index contributed by atoms with van der Waals surface area (Å²) in [6, 6.07) is 15.4. The van der Waals surface area contributed by atoms with Crippen LogP contribution in [0.25, 0.3) is 0 Å². The Kier molecular flexibility index (Phi) is 5.44. The number of ether oxygens (including phenoxy) is 1. The summed E-state index contributed by atoms with van der Waals surface area (Å²) in [6.45, 7) is 0. The maximum atomic E-state index is 9.84. The third kappa shape index (κ3) is 4.06. The molecule has 0 atom stereocenters. The Labute approximate surface area is 140 Å². The summed E-state index contributed by atoms with van der Waals surface area (Å²) < 4.78 is 5.09. The van der Waals surface area contributed by atoms with Crippen LogP contribution in [0.15, 0.2) is 53.6 Å². The van der Waals surface area contributed by atoms with E-state index in [0.717, 1.165) is 5.56 Å². The number of aromatic hydroxyl groups is 2. The maximum Gasteiger partial charge on any atom is 0.119 e. The highest BCUT2D eigenvalue weighted by molar-refractivity contribution is 5.47. The molecule has 0 bridgehead atoms. The number of phenols is 2. The van der Waals surface area contributed by atoms with E-state index in [9.17, 15) is 20.7 Å². The Balaban J connectivity index is 2.30. The van der Waals surface area contributed by atoms with Gasteiger partial charge in [0, 0.05) is 29.6 Å². The van der Waals surface area contributed by atoms with Crippen molar-refractivity contribution in [1.82, 2.24) is 0 Å². The molecular formula is C19H16N2O3. The third-order valence-corrected chi connectivity index (χ3v) is 3.60. The quantitative estimate of drug-likeness (QED) is 0.651. The van der Waals surface area contributed by atoms with E-state index in [-0.39, 0.29) is 23.5 Å². The van der Waals surface area contributed by atoms with Crippen LogP contribution in [0, 0.1) is 22.7 Å². The van der Waals surface area contributed by atoms with Gasteiger partial charge >= 0.3 is 0 Å². The summed E-state index contributed by atoms with van der Waals surface area (Å²) in [7, 11) is 1.57. The van der Waals surface area contributed by atoms with Crippen molar-refractivity contribution >= 4 is 0 Å². The van der Waals surface area contributed by atoms with Crippen LogP contribution in [-0.4, -0.2) is 17.3 Å². The Morgan fingerprint density at radius 3 is 2.17 bits per heavy atom. The molecule has 5 nitrogen and oxygen atoms in total. The van der Waals surface area contributed by atoms with E-state index in [1.807, 2.05) is 18.2 Å². The molecule has 2 N–H and O–H groups in total. The number of phenolic OH excluding ortho intramolecular Hbond substituents is 2. The first-order chi connectivity index (χ1) is 11.6. The van der Waals surface area contributed by atoms with E-state index in [0.29, 0.717) is 23.3 Å². The number of methoxy groups -OCH3 is 1. The van der Waals surface area contributed by atoms with Crippen LogP contribution in [0.5, 0.6) is 17.2 Å². The van der Waals surface area contributed by atoms with Crippen LogP contribution in [-0.2, 0) is 12.8 Å². The number of benzene rings is 2. The van der Waals surface area contributed by atoms with Gasteiger partial charge in [0.15, 0.2) is 0 Å². The lowest BCUT2D eigenvalue weighted by Gasteiger charge is -2.07. The summed E-state index contributed by atoms with van der Waals surface area (Å²) in [4.78, 5) is 0. The smallest absolute Gasteiger partial charge is 0.119 e. The number of hydrogen-bond acceptors (Lipinski definition) is 5. The highest BCUT2D eigenvalue weighted by atomic mass is 16.5. The van der Waals surface area contributed by atoms with Crippen molar-refractivity contribution in [1.29, 1.82) is 10.5 Å². The predicted octanol–water partition coefficient (Wildman–Crippen LogP) is 3.24. The maximum absolute atomic E-state index is 9.84. The second kappa shape index (κ2) is 7.71. The molecule has 120 valence electrons. The van der Waals surface area contributed by atoms with Gasteiger partial charge in [-0.3, -0.25) is 0 Å². The van der Waals surface area contributed by atoms with E-state index >= 15 is 0 Å². The second-order valence-corrected chi connectivity index (χ2v) is 5.20. The van der Waals surface area contributed by atoms with Crippen LogP contribution in [0.3, 0.4) is 0 Å². The minimum atomic E-state index is -0.0257. The molecule has 0 aliphatic rings.